The highest BCUT2D eigenvalue weighted by atomic mass is 16.5. The molecule has 3 nitrogen and oxygen atoms in total. The summed E-state index contributed by atoms with van der Waals surface area (Å²) >= 11 is 0. The fourth-order valence-electron chi connectivity index (χ4n) is 1.85. The van der Waals surface area contributed by atoms with Crippen LogP contribution in [0.25, 0.3) is 0 Å². The first-order valence-corrected chi connectivity index (χ1v) is 5.98. The highest BCUT2D eigenvalue weighted by Gasteiger charge is 2.30. The van der Waals surface area contributed by atoms with Crippen LogP contribution in [0, 0.1) is 0 Å². The lowest BCUT2D eigenvalue weighted by molar-refractivity contribution is -0.0980. The predicted octanol–water partition coefficient (Wildman–Crippen LogP) is 2.12. The number of aliphatic hydroxyl groups is 1. The molecule has 1 aliphatic carbocycles. The molecule has 3 heteroatoms. The molecule has 0 radical (unpaired) electrons. The molecule has 0 aliphatic heterocycles. The van der Waals surface area contributed by atoms with E-state index in [0.29, 0.717) is 6.61 Å². The predicted molar refractivity (Wildman–Crippen MR) is 59.9 cm³/mol. The summed E-state index contributed by atoms with van der Waals surface area (Å²) in [6.07, 6.45) is 4.80. The molecule has 0 bridgehead atoms. The van der Waals surface area contributed by atoms with Gasteiger partial charge in [-0.3, -0.25) is 0 Å². The average Bonchev–Trinajstić information content (AvgIpc) is 2.57. The molecular weight excluding hydrogens is 192 g/mol. The lowest BCUT2D eigenvalue weighted by Gasteiger charge is -2.24. The van der Waals surface area contributed by atoms with Crippen LogP contribution < -0.4 is 0 Å². The maximum atomic E-state index is 9.57. The number of ether oxygens (including phenoxy) is 2. The Morgan fingerprint density at radius 1 is 1.20 bits per heavy atom. The third kappa shape index (κ3) is 4.96. The molecule has 0 amide bonds. The Bertz CT molecular complexity index is 174. The van der Waals surface area contributed by atoms with Crippen molar-refractivity contribution in [2.24, 2.45) is 0 Å². The number of hydrogen-bond donors (Lipinski definition) is 1. The van der Waals surface area contributed by atoms with Gasteiger partial charge in [0.2, 0.25) is 0 Å². The van der Waals surface area contributed by atoms with Crippen LogP contribution in [-0.4, -0.2) is 36.1 Å². The zero-order chi connectivity index (χ0) is 11.3. The Morgan fingerprint density at radius 2 is 1.80 bits per heavy atom. The molecule has 0 spiro atoms. The SMILES string of the molecule is CCCOC1CCCC1OCC(C)(C)O. The maximum Gasteiger partial charge on any atom is 0.0838 e. The van der Waals surface area contributed by atoms with Crippen LogP contribution in [0.15, 0.2) is 0 Å². The minimum absolute atomic E-state index is 0.183. The van der Waals surface area contributed by atoms with Gasteiger partial charge in [0.15, 0.2) is 0 Å². The van der Waals surface area contributed by atoms with E-state index >= 15 is 0 Å². The summed E-state index contributed by atoms with van der Waals surface area (Å²) in [6, 6.07) is 0. The van der Waals surface area contributed by atoms with Crippen LogP contribution in [0.2, 0.25) is 0 Å². The third-order valence-corrected chi connectivity index (χ3v) is 2.58. The van der Waals surface area contributed by atoms with Gasteiger partial charge in [0.05, 0.1) is 24.4 Å². The Hall–Kier alpha value is -0.120. The molecule has 2 atom stereocenters. The largest absolute Gasteiger partial charge is 0.388 e. The minimum atomic E-state index is -0.738. The minimum Gasteiger partial charge on any atom is -0.388 e. The van der Waals surface area contributed by atoms with Crippen molar-refractivity contribution in [1.29, 1.82) is 0 Å². The monoisotopic (exact) mass is 216 g/mol. The average molecular weight is 216 g/mol. The van der Waals surface area contributed by atoms with Gasteiger partial charge in [-0.15, -0.1) is 0 Å². The molecule has 2 unspecified atom stereocenters. The van der Waals surface area contributed by atoms with Crippen LogP contribution in [-0.2, 0) is 9.47 Å². The van der Waals surface area contributed by atoms with Crippen LogP contribution in [0.5, 0.6) is 0 Å². The van der Waals surface area contributed by atoms with Gasteiger partial charge in [-0.2, -0.15) is 0 Å². The van der Waals surface area contributed by atoms with Crippen molar-refractivity contribution >= 4 is 0 Å². The Morgan fingerprint density at radius 3 is 2.33 bits per heavy atom. The van der Waals surface area contributed by atoms with Crippen molar-refractivity contribution in [1.82, 2.24) is 0 Å². The van der Waals surface area contributed by atoms with E-state index in [0.717, 1.165) is 25.9 Å². The van der Waals surface area contributed by atoms with Gasteiger partial charge in [0.25, 0.3) is 0 Å². The summed E-state index contributed by atoms with van der Waals surface area (Å²) in [5.74, 6) is 0. The van der Waals surface area contributed by atoms with Crippen molar-refractivity contribution in [3.8, 4) is 0 Å². The molecule has 0 aromatic heterocycles. The van der Waals surface area contributed by atoms with E-state index in [1.165, 1.54) is 6.42 Å². The van der Waals surface area contributed by atoms with Gasteiger partial charge in [0.1, 0.15) is 0 Å². The normalized spacial score (nSPS) is 27.2. The molecule has 90 valence electrons. The zero-order valence-electron chi connectivity index (χ0n) is 10.2. The van der Waals surface area contributed by atoms with Crippen molar-refractivity contribution in [3.63, 3.8) is 0 Å². The summed E-state index contributed by atoms with van der Waals surface area (Å²) < 4.78 is 11.4. The second-order valence-corrected chi connectivity index (χ2v) is 5.00. The standard InChI is InChI=1S/C12H24O3/c1-4-8-14-10-6-5-7-11(10)15-9-12(2,3)13/h10-11,13H,4-9H2,1-3H3. The highest BCUT2D eigenvalue weighted by molar-refractivity contribution is 4.80. The summed E-state index contributed by atoms with van der Waals surface area (Å²) in [7, 11) is 0. The van der Waals surface area contributed by atoms with E-state index in [4.69, 9.17) is 9.47 Å². The van der Waals surface area contributed by atoms with E-state index in [9.17, 15) is 5.11 Å². The van der Waals surface area contributed by atoms with Gasteiger partial charge in [-0.1, -0.05) is 6.92 Å². The van der Waals surface area contributed by atoms with Crippen LogP contribution in [0.4, 0.5) is 0 Å². The van der Waals surface area contributed by atoms with Gasteiger partial charge in [0, 0.05) is 6.61 Å². The lowest BCUT2D eigenvalue weighted by Crippen LogP contribution is -2.33. The van der Waals surface area contributed by atoms with E-state index in [-0.39, 0.29) is 12.2 Å². The zero-order valence-corrected chi connectivity index (χ0v) is 10.2. The molecule has 1 saturated carbocycles. The van der Waals surface area contributed by atoms with E-state index < -0.39 is 5.60 Å². The van der Waals surface area contributed by atoms with Crippen LogP contribution in [0.3, 0.4) is 0 Å². The van der Waals surface area contributed by atoms with Gasteiger partial charge in [-0.25, -0.2) is 0 Å². The summed E-state index contributed by atoms with van der Waals surface area (Å²) in [6.45, 7) is 6.85. The summed E-state index contributed by atoms with van der Waals surface area (Å²) in [5.41, 5.74) is -0.738. The fourth-order valence-corrected chi connectivity index (χ4v) is 1.85. The summed E-state index contributed by atoms with van der Waals surface area (Å²) in [5, 5.41) is 9.57. The van der Waals surface area contributed by atoms with Crippen molar-refractivity contribution in [2.75, 3.05) is 13.2 Å². The maximum absolute atomic E-state index is 9.57. The second-order valence-electron chi connectivity index (χ2n) is 5.00. The second kappa shape index (κ2) is 5.83. The lowest BCUT2D eigenvalue weighted by atomic mass is 10.1. The summed E-state index contributed by atoms with van der Waals surface area (Å²) in [4.78, 5) is 0. The molecule has 0 saturated heterocycles. The van der Waals surface area contributed by atoms with Crippen molar-refractivity contribution in [2.45, 2.75) is 64.3 Å². The number of hydrogen-bond acceptors (Lipinski definition) is 3. The molecular formula is C12H24O3. The highest BCUT2D eigenvalue weighted by Crippen LogP contribution is 2.25. The molecule has 1 N–H and O–H groups in total. The molecule has 1 fully saturated rings. The van der Waals surface area contributed by atoms with Crippen LogP contribution >= 0.6 is 0 Å². The Balaban J connectivity index is 2.27. The van der Waals surface area contributed by atoms with E-state index in [1.54, 1.807) is 13.8 Å². The molecule has 1 aliphatic rings. The molecule has 0 aromatic rings. The van der Waals surface area contributed by atoms with E-state index in [1.807, 2.05) is 0 Å². The molecule has 15 heavy (non-hydrogen) atoms. The smallest absolute Gasteiger partial charge is 0.0838 e. The van der Waals surface area contributed by atoms with Crippen LogP contribution in [0.1, 0.15) is 46.5 Å². The number of rotatable bonds is 6. The Kier molecular flexibility index (Phi) is 5.03. The van der Waals surface area contributed by atoms with Crippen molar-refractivity contribution < 1.29 is 14.6 Å². The Labute approximate surface area is 92.8 Å². The van der Waals surface area contributed by atoms with Gasteiger partial charge < -0.3 is 14.6 Å². The molecule has 1 rings (SSSR count). The fraction of sp³-hybridized carbons (Fsp3) is 1.00. The van der Waals surface area contributed by atoms with Gasteiger partial charge in [-0.05, 0) is 39.5 Å². The third-order valence-electron chi connectivity index (χ3n) is 2.58. The molecule has 0 aromatic carbocycles. The van der Waals surface area contributed by atoms with Crippen molar-refractivity contribution in [3.05, 3.63) is 0 Å². The first-order chi connectivity index (χ1) is 7.03. The molecule has 0 heterocycles. The van der Waals surface area contributed by atoms with E-state index in [2.05, 4.69) is 6.92 Å². The quantitative estimate of drug-likeness (QED) is 0.739. The first kappa shape index (κ1) is 12.9. The topological polar surface area (TPSA) is 38.7 Å². The first-order valence-electron chi connectivity index (χ1n) is 5.98. The van der Waals surface area contributed by atoms with Gasteiger partial charge >= 0.3 is 0 Å².